The van der Waals surface area contributed by atoms with E-state index in [1.165, 1.54) is 25.7 Å². The lowest BCUT2D eigenvalue weighted by atomic mass is 10.1. The summed E-state index contributed by atoms with van der Waals surface area (Å²) in [5, 5.41) is 4.32. The molecule has 1 saturated carbocycles. The van der Waals surface area contributed by atoms with Gasteiger partial charge in [0, 0.05) is 0 Å². The average molecular weight is 224 g/mol. The first-order chi connectivity index (χ1) is 7.81. The molecule has 0 saturated heterocycles. The van der Waals surface area contributed by atoms with E-state index in [-0.39, 0.29) is 0 Å². The third kappa shape index (κ3) is 2.46. The monoisotopic (exact) mass is 224 g/mol. The van der Waals surface area contributed by atoms with Gasteiger partial charge in [-0.15, -0.1) is 5.10 Å². The molecule has 0 atom stereocenters. The zero-order chi connectivity index (χ0) is 11.4. The Balaban J connectivity index is 2.11. The summed E-state index contributed by atoms with van der Waals surface area (Å²) in [5.74, 6) is 0.482. The lowest BCUT2D eigenvalue weighted by Crippen LogP contribution is -2.13. The van der Waals surface area contributed by atoms with Gasteiger partial charge in [-0.1, -0.05) is 25.7 Å². The summed E-state index contributed by atoms with van der Waals surface area (Å²) in [4.78, 5) is 4.11. The van der Waals surface area contributed by atoms with E-state index in [4.69, 9.17) is 10.5 Å². The van der Waals surface area contributed by atoms with Gasteiger partial charge in [0.1, 0.15) is 0 Å². The molecule has 0 spiro atoms. The Kier molecular flexibility index (Phi) is 3.64. The topological polar surface area (TPSA) is 66.0 Å². The van der Waals surface area contributed by atoms with Gasteiger partial charge in [-0.3, -0.25) is 0 Å². The first-order valence-corrected chi connectivity index (χ1v) is 6.16. The Labute approximate surface area is 96.0 Å². The second-order valence-electron chi connectivity index (χ2n) is 4.28. The number of nitrogens with zero attached hydrogens (tertiary/aromatic N) is 3. The summed E-state index contributed by atoms with van der Waals surface area (Å²) in [5.41, 5.74) is 5.86. The van der Waals surface area contributed by atoms with Crippen LogP contribution in [0.15, 0.2) is 0 Å². The lowest BCUT2D eigenvalue weighted by Gasteiger charge is -2.14. The molecular weight excluding hydrogens is 204 g/mol. The molecule has 5 nitrogen and oxygen atoms in total. The highest BCUT2D eigenvalue weighted by Gasteiger charge is 2.19. The maximum absolute atomic E-state index is 5.86. The van der Waals surface area contributed by atoms with E-state index in [2.05, 4.69) is 10.1 Å². The van der Waals surface area contributed by atoms with Gasteiger partial charge in [0.2, 0.25) is 5.95 Å². The fourth-order valence-corrected chi connectivity index (χ4v) is 2.28. The SMILES string of the molecule is CCOc1nc(N)n(C2CCCCCC2)n1. The van der Waals surface area contributed by atoms with Crippen LogP contribution in [0.1, 0.15) is 51.5 Å². The van der Waals surface area contributed by atoms with Gasteiger partial charge in [0.15, 0.2) is 0 Å². The van der Waals surface area contributed by atoms with Gasteiger partial charge in [-0.05, 0) is 19.8 Å². The normalized spacial score (nSPS) is 18.3. The Morgan fingerprint density at radius 1 is 1.31 bits per heavy atom. The molecule has 0 amide bonds. The Bertz CT molecular complexity index is 329. The molecule has 0 aliphatic heterocycles. The van der Waals surface area contributed by atoms with E-state index >= 15 is 0 Å². The molecule has 2 rings (SSSR count). The molecule has 5 heteroatoms. The summed E-state index contributed by atoms with van der Waals surface area (Å²) in [7, 11) is 0. The Hall–Kier alpha value is -1.26. The molecule has 0 aromatic carbocycles. The Morgan fingerprint density at radius 2 is 2.00 bits per heavy atom. The number of rotatable bonds is 3. The van der Waals surface area contributed by atoms with Crippen LogP contribution in [0.4, 0.5) is 5.95 Å². The number of anilines is 1. The van der Waals surface area contributed by atoms with Crippen molar-refractivity contribution in [2.45, 2.75) is 51.5 Å². The minimum absolute atomic E-state index is 0.407. The number of hydrogen-bond acceptors (Lipinski definition) is 4. The first-order valence-electron chi connectivity index (χ1n) is 6.16. The van der Waals surface area contributed by atoms with Crippen LogP contribution >= 0.6 is 0 Å². The summed E-state index contributed by atoms with van der Waals surface area (Å²) in [6, 6.07) is 0.813. The lowest BCUT2D eigenvalue weighted by molar-refractivity contribution is 0.304. The van der Waals surface area contributed by atoms with Gasteiger partial charge >= 0.3 is 6.01 Å². The fourth-order valence-electron chi connectivity index (χ4n) is 2.28. The minimum Gasteiger partial charge on any atom is -0.463 e. The maximum atomic E-state index is 5.86. The molecular formula is C11H20N4O. The second kappa shape index (κ2) is 5.18. The molecule has 2 N–H and O–H groups in total. The molecule has 1 aromatic heterocycles. The van der Waals surface area contributed by atoms with E-state index in [9.17, 15) is 0 Å². The molecule has 1 aromatic rings. The minimum atomic E-state index is 0.407. The van der Waals surface area contributed by atoms with Crippen molar-refractivity contribution in [3.05, 3.63) is 0 Å². The molecule has 1 heterocycles. The van der Waals surface area contributed by atoms with Crippen LogP contribution in [0.25, 0.3) is 0 Å². The van der Waals surface area contributed by atoms with Gasteiger partial charge in [-0.25, -0.2) is 4.68 Å². The van der Waals surface area contributed by atoms with Crippen molar-refractivity contribution < 1.29 is 4.74 Å². The second-order valence-corrected chi connectivity index (χ2v) is 4.28. The van der Waals surface area contributed by atoms with Gasteiger partial charge < -0.3 is 10.5 Å². The van der Waals surface area contributed by atoms with Crippen LogP contribution in [0, 0.1) is 0 Å². The van der Waals surface area contributed by atoms with Crippen LogP contribution in [-0.4, -0.2) is 21.4 Å². The summed E-state index contributed by atoms with van der Waals surface area (Å²) < 4.78 is 7.11. The van der Waals surface area contributed by atoms with Gasteiger partial charge in [0.25, 0.3) is 0 Å². The summed E-state index contributed by atoms with van der Waals surface area (Å²) in [6.45, 7) is 2.50. The fraction of sp³-hybridized carbons (Fsp3) is 0.818. The summed E-state index contributed by atoms with van der Waals surface area (Å²) in [6.07, 6.45) is 7.47. The van der Waals surface area contributed by atoms with Crippen molar-refractivity contribution in [1.82, 2.24) is 14.8 Å². The third-order valence-corrected chi connectivity index (χ3v) is 3.08. The van der Waals surface area contributed by atoms with Gasteiger partial charge in [-0.2, -0.15) is 4.98 Å². The van der Waals surface area contributed by atoms with Crippen molar-refractivity contribution in [3.8, 4) is 6.01 Å². The number of aromatic nitrogens is 3. The quantitative estimate of drug-likeness (QED) is 0.799. The zero-order valence-electron chi connectivity index (χ0n) is 9.85. The van der Waals surface area contributed by atoms with Crippen LogP contribution < -0.4 is 10.5 Å². The van der Waals surface area contributed by atoms with Gasteiger partial charge in [0.05, 0.1) is 12.6 Å². The highest BCUT2D eigenvalue weighted by Crippen LogP contribution is 2.28. The van der Waals surface area contributed by atoms with Crippen molar-refractivity contribution in [2.24, 2.45) is 0 Å². The average Bonchev–Trinajstić information content (AvgIpc) is 2.52. The molecule has 0 radical (unpaired) electrons. The molecule has 0 bridgehead atoms. The smallest absolute Gasteiger partial charge is 0.337 e. The highest BCUT2D eigenvalue weighted by atomic mass is 16.5. The zero-order valence-corrected chi connectivity index (χ0v) is 9.85. The van der Waals surface area contributed by atoms with Crippen molar-refractivity contribution in [2.75, 3.05) is 12.3 Å². The molecule has 1 fully saturated rings. The van der Waals surface area contributed by atoms with E-state index in [1.54, 1.807) is 0 Å². The molecule has 1 aliphatic carbocycles. The maximum Gasteiger partial charge on any atom is 0.337 e. The van der Waals surface area contributed by atoms with Crippen molar-refractivity contribution in [3.63, 3.8) is 0 Å². The third-order valence-electron chi connectivity index (χ3n) is 3.08. The van der Waals surface area contributed by atoms with Crippen molar-refractivity contribution >= 4 is 5.95 Å². The standard InChI is InChI=1S/C11H20N4O/c1-2-16-11-13-10(12)15(14-11)9-7-5-3-4-6-8-9/h9H,2-8H2,1H3,(H2,12,13,14). The van der Waals surface area contributed by atoms with E-state index in [1.807, 2.05) is 11.6 Å². The predicted molar refractivity (Wildman–Crippen MR) is 62.3 cm³/mol. The Morgan fingerprint density at radius 3 is 2.62 bits per heavy atom. The molecule has 1 aliphatic rings. The molecule has 90 valence electrons. The van der Waals surface area contributed by atoms with Crippen LogP contribution in [0.2, 0.25) is 0 Å². The number of nitrogens with two attached hydrogens (primary N) is 1. The number of hydrogen-bond donors (Lipinski definition) is 1. The highest BCUT2D eigenvalue weighted by molar-refractivity contribution is 5.19. The predicted octanol–water partition coefficient (Wildman–Crippen LogP) is 2.15. The summed E-state index contributed by atoms with van der Waals surface area (Å²) >= 11 is 0. The van der Waals surface area contributed by atoms with E-state index in [0.717, 1.165) is 12.8 Å². The molecule has 16 heavy (non-hydrogen) atoms. The molecule has 0 unspecified atom stereocenters. The first kappa shape index (κ1) is 11.2. The van der Waals surface area contributed by atoms with Crippen LogP contribution in [0.3, 0.4) is 0 Å². The van der Waals surface area contributed by atoms with E-state index < -0.39 is 0 Å². The largest absolute Gasteiger partial charge is 0.463 e. The van der Waals surface area contributed by atoms with E-state index in [0.29, 0.717) is 24.6 Å². The number of nitrogen functional groups attached to an aromatic ring is 1. The van der Waals surface area contributed by atoms with Crippen molar-refractivity contribution in [1.29, 1.82) is 0 Å². The van der Waals surface area contributed by atoms with Crippen LogP contribution in [0.5, 0.6) is 6.01 Å². The number of ether oxygens (including phenoxy) is 1. The van der Waals surface area contributed by atoms with Crippen LogP contribution in [-0.2, 0) is 0 Å².